The molecule has 3 aromatic rings. The van der Waals surface area contributed by atoms with Gasteiger partial charge in [0.1, 0.15) is 12.1 Å². The number of piperidine rings is 1. The van der Waals surface area contributed by atoms with Crippen LogP contribution in [0.1, 0.15) is 12.8 Å². The third-order valence-corrected chi connectivity index (χ3v) is 6.51. The molecule has 4 N–H and O–H groups in total. The van der Waals surface area contributed by atoms with Crippen LogP contribution in [0, 0.1) is 0 Å². The highest BCUT2D eigenvalue weighted by Crippen LogP contribution is 2.27. The molecule has 0 radical (unpaired) electrons. The van der Waals surface area contributed by atoms with Crippen molar-refractivity contribution in [1.82, 2.24) is 20.2 Å². The van der Waals surface area contributed by atoms with Crippen LogP contribution in [0.15, 0.2) is 64.9 Å². The molecule has 2 aromatic carbocycles. The summed E-state index contributed by atoms with van der Waals surface area (Å²) >= 11 is 3.48. The fraction of sp³-hybridized carbons (Fsp3) is 0.333. The summed E-state index contributed by atoms with van der Waals surface area (Å²) in [6, 6.07) is 13.3. The van der Waals surface area contributed by atoms with Crippen molar-refractivity contribution < 1.29 is 19.4 Å². The number of hydrogen-bond donors (Lipinski definition) is 4. The molecule has 4 rings (SSSR count). The minimum atomic E-state index is -0.206. The maximum Gasteiger partial charge on any atom is 0.248 e. The number of nitrogens with one attached hydrogen (secondary N) is 3. The van der Waals surface area contributed by atoms with Gasteiger partial charge in [-0.15, -0.1) is 0 Å². The van der Waals surface area contributed by atoms with Gasteiger partial charge < -0.3 is 30.7 Å². The summed E-state index contributed by atoms with van der Waals surface area (Å²) in [7, 11) is 0. The van der Waals surface area contributed by atoms with Crippen LogP contribution in [-0.4, -0.2) is 77.8 Å². The van der Waals surface area contributed by atoms with Gasteiger partial charge in [0, 0.05) is 46.9 Å². The second kappa shape index (κ2) is 14.0. The number of aliphatic hydroxyl groups excluding tert-OH is 1. The quantitative estimate of drug-likeness (QED) is 0.200. The van der Waals surface area contributed by atoms with E-state index in [1.807, 2.05) is 42.5 Å². The summed E-state index contributed by atoms with van der Waals surface area (Å²) in [5.74, 6) is 0.468. The molecule has 10 nitrogen and oxygen atoms in total. The fourth-order valence-corrected chi connectivity index (χ4v) is 4.51. The minimum absolute atomic E-state index is 0.0105. The predicted molar refractivity (Wildman–Crippen MR) is 150 cm³/mol. The molecule has 11 heteroatoms. The van der Waals surface area contributed by atoms with Crippen molar-refractivity contribution in [3.63, 3.8) is 0 Å². The fourth-order valence-electron chi connectivity index (χ4n) is 4.11. The second-order valence-electron chi connectivity index (χ2n) is 8.77. The van der Waals surface area contributed by atoms with E-state index in [4.69, 9.17) is 9.84 Å². The van der Waals surface area contributed by atoms with Gasteiger partial charge in [-0.25, -0.2) is 9.97 Å². The summed E-state index contributed by atoms with van der Waals surface area (Å²) in [5.41, 5.74) is 3.30. The zero-order valence-corrected chi connectivity index (χ0v) is 22.5. The molecule has 0 aliphatic carbocycles. The Morgan fingerprint density at radius 1 is 1.08 bits per heavy atom. The molecule has 38 heavy (non-hydrogen) atoms. The summed E-state index contributed by atoms with van der Waals surface area (Å²) in [5, 5.41) is 18.8. The first-order valence-electron chi connectivity index (χ1n) is 12.5. The van der Waals surface area contributed by atoms with Crippen LogP contribution in [0.3, 0.4) is 0 Å². The Hall–Kier alpha value is -3.38. The van der Waals surface area contributed by atoms with E-state index in [1.165, 1.54) is 6.33 Å². The molecule has 0 saturated carbocycles. The number of hydrogen-bond acceptors (Lipinski definition) is 8. The van der Waals surface area contributed by atoms with Crippen LogP contribution < -0.4 is 16.0 Å². The average Bonchev–Trinajstić information content (AvgIpc) is 2.91. The Labute approximate surface area is 229 Å². The lowest BCUT2D eigenvalue weighted by atomic mass is 10.0. The van der Waals surface area contributed by atoms with Crippen LogP contribution in [-0.2, 0) is 14.3 Å². The van der Waals surface area contributed by atoms with E-state index in [9.17, 15) is 9.59 Å². The number of fused-ring (bicyclic) bond motifs is 1. The summed E-state index contributed by atoms with van der Waals surface area (Å²) < 4.78 is 6.12. The van der Waals surface area contributed by atoms with Crippen LogP contribution >= 0.6 is 15.9 Å². The minimum Gasteiger partial charge on any atom is -0.394 e. The lowest BCUT2D eigenvalue weighted by molar-refractivity contribution is -0.130. The zero-order chi connectivity index (χ0) is 26.7. The molecule has 2 heterocycles. The van der Waals surface area contributed by atoms with Crippen LogP contribution in [0.5, 0.6) is 0 Å². The molecule has 1 saturated heterocycles. The van der Waals surface area contributed by atoms with Crippen LogP contribution in [0.25, 0.3) is 10.9 Å². The number of amides is 2. The highest BCUT2D eigenvalue weighted by molar-refractivity contribution is 9.10. The molecule has 0 spiro atoms. The summed E-state index contributed by atoms with van der Waals surface area (Å²) in [6.45, 7) is 2.69. The van der Waals surface area contributed by atoms with E-state index < -0.39 is 0 Å². The number of benzene rings is 2. The van der Waals surface area contributed by atoms with Gasteiger partial charge in [0.2, 0.25) is 11.8 Å². The van der Waals surface area contributed by atoms with Gasteiger partial charge in [-0.1, -0.05) is 27.6 Å². The van der Waals surface area contributed by atoms with Crippen molar-refractivity contribution >= 4 is 55.8 Å². The number of anilines is 3. The van der Waals surface area contributed by atoms with E-state index in [0.717, 1.165) is 26.6 Å². The monoisotopic (exact) mass is 582 g/mol. The highest BCUT2D eigenvalue weighted by Gasteiger charge is 2.19. The van der Waals surface area contributed by atoms with Crippen molar-refractivity contribution in [2.75, 3.05) is 56.6 Å². The molecule has 0 atom stereocenters. The molecule has 1 aliphatic heterocycles. The molecular weight excluding hydrogens is 552 g/mol. The molecular formula is C27H31BrN6O4. The SMILES string of the molecule is O=C(C=C1CCN(C(=O)CNCCOCCO)CC1)Nc1ccc2ncnc(Nc3cccc(Br)c3)c2c1. The molecule has 1 fully saturated rings. The van der Waals surface area contributed by atoms with Gasteiger partial charge in [-0.2, -0.15) is 0 Å². The number of halogens is 1. The van der Waals surface area contributed by atoms with Gasteiger partial charge in [0.15, 0.2) is 0 Å². The smallest absolute Gasteiger partial charge is 0.248 e. The van der Waals surface area contributed by atoms with E-state index in [1.54, 1.807) is 11.0 Å². The number of carbonyl (C=O) groups is 2. The van der Waals surface area contributed by atoms with Gasteiger partial charge in [0.25, 0.3) is 0 Å². The number of aromatic nitrogens is 2. The topological polar surface area (TPSA) is 129 Å². The number of aliphatic hydroxyl groups is 1. The Bertz CT molecular complexity index is 1290. The summed E-state index contributed by atoms with van der Waals surface area (Å²) in [6.07, 6.45) is 4.45. The summed E-state index contributed by atoms with van der Waals surface area (Å²) in [4.78, 5) is 35.7. The van der Waals surface area contributed by atoms with E-state index in [0.29, 0.717) is 57.2 Å². The molecule has 1 aromatic heterocycles. The van der Waals surface area contributed by atoms with E-state index in [2.05, 4.69) is 41.8 Å². The normalized spacial score (nSPS) is 13.4. The standard InChI is InChI=1S/C27H31BrN6O4/c28-20-2-1-3-21(15-20)33-27-23-16-22(4-5-24(23)30-18-31-27)32-25(36)14-19-6-9-34(10-7-19)26(37)17-29-8-12-38-13-11-35/h1-5,14-16,18,29,35H,6-13,17H2,(H,32,36)(H,30,31,33). The zero-order valence-electron chi connectivity index (χ0n) is 21.0. The third kappa shape index (κ3) is 8.06. The second-order valence-corrected chi connectivity index (χ2v) is 9.69. The number of likely N-dealkylation sites (tertiary alicyclic amines) is 1. The first-order valence-corrected chi connectivity index (χ1v) is 13.3. The van der Waals surface area contributed by atoms with Gasteiger partial charge in [0.05, 0.1) is 31.9 Å². The van der Waals surface area contributed by atoms with Crippen molar-refractivity contribution in [1.29, 1.82) is 0 Å². The van der Waals surface area contributed by atoms with Gasteiger partial charge >= 0.3 is 0 Å². The van der Waals surface area contributed by atoms with Crippen molar-refractivity contribution in [3.8, 4) is 0 Å². The average molecular weight is 583 g/mol. The maximum atomic E-state index is 12.7. The molecule has 200 valence electrons. The molecule has 1 aliphatic rings. The highest BCUT2D eigenvalue weighted by atomic mass is 79.9. The van der Waals surface area contributed by atoms with E-state index in [-0.39, 0.29) is 25.0 Å². The van der Waals surface area contributed by atoms with E-state index >= 15 is 0 Å². The number of carbonyl (C=O) groups excluding carboxylic acids is 2. The van der Waals surface area contributed by atoms with Crippen molar-refractivity contribution in [2.45, 2.75) is 12.8 Å². The Kier molecular flexibility index (Phi) is 10.2. The Balaban J connectivity index is 1.30. The first-order chi connectivity index (χ1) is 18.5. The molecule has 0 unspecified atom stereocenters. The maximum absolute atomic E-state index is 12.7. The molecule has 2 amide bonds. The first kappa shape index (κ1) is 27.6. The third-order valence-electron chi connectivity index (χ3n) is 6.02. The Morgan fingerprint density at radius 2 is 1.92 bits per heavy atom. The Morgan fingerprint density at radius 3 is 2.71 bits per heavy atom. The largest absolute Gasteiger partial charge is 0.394 e. The van der Waals surface area contributed by atoms with Gasteiger partial charge in [-0.05, 0) is 49.2 Å². The lowest BCUT2D eigenvalue weighted by Gasteiger charge is -2.28. The number of ether oxygens (including phenoxy) is 1. The van der Waals surface area contributed by atoms with Crippen molar-refractivity contribution in [2.24, 2.45) is 0 Å². The van der Waals surface area contributed by atoms with Crippen LogP contribution in [0.4, 0.5) is 17.2 Å². The lowest BCUT2D eigenvalue weighted by Crippen LogP contribution is -2.42. The number of nitrogens with zero attached hydrogens (tertiary/aromatic N) is 3. The van der Waals surface area contributed by atoms with Crippen LogP contribution in [0.2, 0.25) is 0 Å². The molecule has 0 bridgehead atoms. The number of rotatable bonds is 11. The predicted octanol–water partition coefficient (Wildman–Crippen LogP) is 3.22. The van der Waals surface area contributed by atoms with Gasteiger partial charge in [-0.3, -0.25) is 9.59 Å². The van der Waals surface area contributed by atoms with Crippen molar-refractivity contribution in [3.05, 3.63) is 64.9 Å².